The first-order chi connectivity index (χ1) is 7.21. The Bertz CT molecular complexity index is 588. The molecule has 0 spiro atoms. The molecule has 1 aliphatic rings. The van der Waals surface area contributed by atoms with Crippen molar-refractivity contribution in [3.05, 3.63) is 48.5 Å². The van der Waals surface area contributed by atoms with Crippen LogP contribution in [0.1, 0.15) is 0 Å². The van der Waals surface area contributed by atoms with Crippen LogP contribution >= 0.6 is 0 Å². The van der Waals surface area contributed by atoms with Gasteiger partial charge >= 0.3 is 0 Å². The van der Waals surface area contributed by atoms with Crippen LogP contribution in [0.15, 0.2) is 58.3 Å². The van der Waals surface area contributed by atoms with E-state index in [0.717, 1.165) is 9.79 Å². The van der Waals surface area contributed by atoms with Crippen LogP contribution in [0, 0.1) is 0 Å². The largest absolute Gasteiger partial charge is 0.0616 e. The maximum Gasteiger partial charge on any atom is 0.0281 e. The van der Waals surface area contributed by atoms with Crippen molar-refractivity contribution in [3.8, 4) is 11.1 Å². The summed E-state index contributed by atoms with van der Waals surface area (Å²) in [5.74, 6) is 0. The molecule has 0 N–H and O–H groups in total. The van der Waals surface area contributed by atoms with Crippen molar-refractivity contribution >= 4 is 29.5 Å². The molecule has 1 aliphatic heterocycles. The quantitative estimate of drug-likeness (QED) is 0.599. The Morgan fingerprint density at radius 1 is 0.667 bits per heavy atom. The first-order valence-electron chi connectivity index (χ1n) is 4.65. The lowest BCUT2D eigenvalue weighted by molar-refractivity contribution is 1.45. The summed E-state index contributed by atoms with van der Waals surface area (Å²) < 4.78 is 0. The van der Waals surface area contributed by atoms with Crippen LogP contribution in [0.25, 0.3) is 11.1 Å². The SMILES string of the molecule is S=S1(=S)c2ccccc2-c2ccccc21. The van der Waals surface area contributed by atoms with Gasteiger partial charge in [0.1, 0.15) is 0 Å². The zero-order valence-corrected chi connectivity index (χ0v) is 10.3. The van der Waals surface area contributed by atoms with E-state index >= 15 is 0 Å². The Morgan fingerprint density at radius 2 is 1.07 bits per heavy atom. The highest BCUT2D eigenvalue weighted by Gasteiger charge is 2.25. The molecule has 2 aromatic rings. The molecule has 15 heavy (non-hydrogen) atoms. The molecular formula is C12H8S3. The first-order valence-corrected chi connectivity index (χ1v) is 8.13. The highest BCUT2D eigenvalue weighted by molar-refractivity contribution is 8.56. The van der Waals surface area contributed by atoms with E-state index in [-0.39, 0.29) is 0 Å². The third-order valence-electron chi connectivity index (χ3n) is 2.64. The van der Waals surface area contributed by atoms with Gasteiger partial charge < -0.3 is 0 Å². The van der Waals surface area contributed by atoms with Crippen LogP contribution in [-0.2, 0) is 29.5 Å². The summed E-state index contributed by atoms with van der Waals surface area (Å²) in [5, 5.41) is 0. The number of fused-ring (bicyclic) bond motifs is 3. The molecule has 0 saturated carbocycles. The van der Waals surface area contributed by atoms with Crippen molar-refractivity contribution in [2.75, 3.05) is 0 Å². The molecule has 0 atom stereocenters. The lowest BCUT2D eigenvalue weighted by Crippen LogP contribution is -1.91. The van der Waals surface area contributed by atoms with E-state index in [1.165, 1.54) is 11.1 Å². The van der Waals surface area contributed by atoms with E-state index in [1.807, 2.05) is 24.3 Å². The Hall–Kier alpha value is -0.770. The predicted octanol–water partition coefficient (Wildman–Crippen LogP) is 3.16. The van der Waals surface area contributed by atoms with E-state index in [4.69, 9.17) is 22.4 Å². The van der Waals surface area contributed by atoms with Crippen LogP contribution in [0.2, 0.25) is 0 Å². The monoisotopic (exact) mass is 248 g/mol. The average Bonchev–Trinajstić information content (AvgIpc) is 2.51. The molecule has 0 amide bonds. The number of benzene rings is 2. The van der Waals surface area contributed by atoms with E-state index in [0.29, 0.717) is 0 Å². The fourth-order valence-corrected chi connectivity index (χ4v) is 5.40. The van der Waals surface area contributed by atoms with Crippen molar-refractivity contribution in [1.29, 1.82) is 0 Å². The lowest BCUT2D eigenvalue weighted by atomic mass is 10.1. The van der Waals surface area contributed by atoms with Gasteiger partial charge in [-0.25, -0.2) is 0 Å². The Labute approximate surface area is 98.8 Å². The maximum atomic E-state index is 5.62. The summed E-state index contributed by atoms with van der Waals surface area (Å²) in [6.07, 6.45) is 0. The third kappa shape index (κ3) is 1.20. The molecule has 0 aliphatic carbocycles. The molecule has 0 radical (unpaired) electrons. The predicted molar refractivity (Wildman–Crippen MR) is 70.5 cm³/mol. The molecule has 0 saturated heterocycles. The van der Waals surface area contributed by atoms with E-state index in [9.17, 15) is 0 Å². The normalized spacial score (nSPS) is 15.7. The van der Waals surface area contributed by atoms with Gasteiger partial charge in [0, 0.05) is 9.79 Å². The zero-order valence-electron chi connectivity index (χ0n) is 7.84. The Balaban J connectivity index is 2.53. The Morgan fingerprint density at radius 3 is 1.53 bits per heavy atom. The summed E-state index contributed by atoms with van der Waals surface area (Å²) in [6, 6.07) is 16.5. The maximum absolute atomic E-state index is 5.62. The summed E-state index contributed by atoms with van der Waals surface area (Å²) in [4.78, 5) is 2.33. The molecule has 74 valence electrons. The molecule has 2 aromatic carbocycles. The fourth-order valence-electron chi connectivity index (χ4n) is 1.97. The number of rotatable bonds is 0. The molecular weight excluding hydrogens is 240 g/mol. The van der Waals surface area contributed by atoms with Gasteiger partial charge in [-0.3, -0.25) is 0 Å². The van der Waals surface area contributed by atoms with Gasteiger partial charge in [-0.15, -0.1) is 0 Å². The van der Waals surface area contributed by atoms with Gasteiger partial charge in [-0.05, 0) is 52.8 Å². The third-order valence-corrected chi connectivity index (χ3v) is 6.67. The zero-order chi connectivity index (χ0) is 10.5. The van der Waals surface area contributed by atoms with Gasteiger partial charge in [0.2, 0.25) is 0 Å². The number of hydrogen-bond acceptors (Lipinski definition) is 2. The van der Waals surface area contributed by atoms with Crippen LogP contribution in [-0.4, -0.2) is 0 Å². The molecule has 1 heterocycles. The van der Waals surface area contributed by atoms with Crippen LogP contribution in [0.4, 0.5) is 0 Å². The smallest absolute Gasteiger partial charge is 0.0281 e. The molecule has 3 rings (SSSR count). The number of hydrogen-bond donors (Lipinski definition) is 0. The molecule has 3 heteroatoms. The first kappa shape index (κ1) is 9.46. The highest BCUT2D eigenvalue weighted by atomic mass is 33.1. The van der Waals surface area contributed by atoms with Gasteiger partial charge in [0.15, 0.2) is 0 Å². The molecule has 0 fully saturated rings. The van der Waals surface area contributed by atoms with Crippen LogP contribution < -0.4 is 0 Å². The Kier molecular flexibility index (Phi) is 1.96. The molecule has 0 aromatic heterocycles. The average molecular weight is 248 g/mol. The van der Waals surface area contributed by atoms with Gasteiger partial charge in [-0.1, -0.05) is 36.4 Å². The van der Waals surface area contributed by atoms with Gasteiger partial charge in [0.25, 0.3) is 0 Å². The second kappa shape index (κ2) is 3.11. The van der Waals surface area contributed by atoms with Crippen molar-refractivity contribution in [3.63, 3.8) is 0 Å². The van der Waals surface area contributed by atoms with Crippen molar-refractivity contribution in [2.24, 2.45) is 0 Å². The van der Waals surface area contributed by atoms with Gasteiger partial charge in [-0.2, -0.15) is 0 Å². The van der Waals surface area contributed by atoms with E-state index in [1.54, 1.807) is 0 Å². The summed E-state index contributed by atoms with van der Waals surface area (Å²) in [7, 11) is -1.60. The van der Waals surface area contributed by atoms with Crippen LogP contribution in [0.5, 0.6) is 0 Å². The highest BCUT2D eigenvalue weighted by Crippen LogP contribution is 2.43. The van der Waals surface area contributed by atoms with Crippen LogP contribution in [0.3, 0.4) is 0 Å². The lowest BCUT2D eigenvalue weighted by Gasteiger charge is -2.03. The summed E-state index contributed by atoms with van der Waals surface area (Å²) >= 11 is 11.2. The second-order valence-electron chi connectivity index (χ2n) is 3.50. The van der Waals surface area contributed by atoms with Crippen molar-refractivity contribution in [1.82, 2.24) is 0 Å². The van der Waals surface area contributed by atoms with E-state index in [2.05, 4.69) is 24.3 Å². The van der Waals surface area contributed by atoms with E-state index < -0.39 is 7.15 Å². The van der Waals surface area contributed by atoms with Crippen molar-refractivity contribution in [2.45, 2.75) is 9.79 Å². The minimum absolute atomic E-state index is 1.16. The second-order valence-corrected chi connectivity index (χ2v) is 9.02. The molecule has 0 nitrogen and oxygen atoms in total. The summed E-state index contributed by atoms with van der Waals surface area (Å²) in [6.45, 7) is 0. The summed E-state index contributed by atoms with van der Waals surface area (Å²) in [5.41, 5.74) is 2.46. The molecule has 0 bridgehead atoms. The standard InChI is InChI=1S/C12H8S3/c13-15(14)11-7-3-1-5-9(11)10-6-2-4-8-12(10)15/h1-8H. The fraction of sp³-hybridized carbons (Fsp3) is 0. The minimum atomic E-state index is -1.60. The molecule has 0 unspecified atom stereocenters. The topological polar surface area (TPSA) is 0 Å². The van der Waals surface area contributed by atoms with Crippen molar-refractivity contribution < 1.29 is 0 Å². The minimum Gasteiger partial charge on any atom is -0.0616 e. The van der Waals surface area contributed by atoms with Gasteiger partial charge in [0.05, 0.1) is 0 Å².